The highest BCUT2D eigenvalue weighted by molar-refractivity contribution is 5.72. The van der Waals surface area contributed by atoms with Crippen molar-refractivity contribution in [1.82, 2.24) is 5.32 Å². The average Bonchev–Trinajstić information content (AvgIpc) is 2.46. The summed E-state index contributed by atoms with van der Waals surface area (Å²) in [4.78, 5) is 0. The lowest BCUT2D eigenvalue weighted by Gasteiger charge is -2.22. The lowest BCUT2D eigenvalue weighted by atomic mass is 9.89. The summed E-state index contributed by atoms with van der Waals surface area (Å²) in [5, 5.41) is 3.24. The summed E-state index contributed by atoms with van der Waals surface area (Å²) in [5.74, 6) is 0. The molecule has 0 aliphatic carbocycles. The van der Waals surface area contributed by atoms with Crippen LogP contribution in [0.1, 0.15) is 16.7 Å². The van der Waals surface area contributed by atoms with Crippen LogP contribution in [-0.2, 0) is 19.1 Å². The van der Waals surface area contributed by atoms with Crippen molar-refractivity contribution in [2.24, 2.45) is 0 Å². The minimum absolute atomic E-state index is 0.277. The van der Waals surface area contributed by atoms with Crippen molar-refractivity contribution in [3.8, 4) is 11.1 Å². The van der Waals surface area contributed by atoms with Crippen LogP contribution in [0, 0.1) is 0 Å². The van der Waals surface area contributed by atoms with Crippen molar-refractivity contribution in [2.75, 3.05) is 6.54 Å². The second-order valence-corrected chi connectivity index (χ2v) is 4.91. The summed E-state index contributed by atoms with van der Waals surface area (Å²) in [7, 11) is 0. The van der Waals surface area contributed by atoms with Crippen LogP contribution in [0.4, 0.5) is 13.2 Å². The molecular formula is C16H14F3N. The van der Waals surface area contributed by atoms with Gasteiger partial charge in [-0.15, -0.1) is 0 Å². The standard InChI is InChI=1S/C16H14F3N/c17-16(18,19)15-7-2-1-5-14(15)13-6-3-4-11-10-20-9-8-12(11)13/h1-7,20H,8-10H2. The Morgan fingerprint density at radius 2 is 1.65 bits per heavy atom. The monoisotopic (exact) mass is 277 g/mol. The van der Waals surface area contributed by atoms with Crippen molar-refractivity contribution in [1.29, 1.82) is 0 Å². The van der Waals surface area contributed by atoms with Gasteiger partial charge in [0.25, 0.3) is 0 Å². The van der Waals surface area contributed by atoms with Gasteiger partial charge in [0, 0.05) is 6.54 Å². The first-order valence-corrected chi connectivity index (χ1v) is 6.55. The second kappa shape index (κ2) is 4.94. The van der Waals surface area contributed by atoms with Gasteiger partial charge in [-0.3, -0.25) is 0 Å². The summed E-state index contributed by atoms with van der Waals surface area (Å²) in [5.41, 5.74) is 2.54. The highest BCUT2D eigenvalue weighted by Crippen LogP contribution is 2.39. The van der Waals surface area contributed by atoms with Gasteiger partial charge in [-0.25, -0.2) is 0 Å². The Morgan fingerprint density at radius 3 is 2.45 bits per heavy atom. The number of hydrogen-bond acceptors (Lipinski definition) is 1. The van der Waals surface area contributed by atoms with Gasteiger partial charge >= 0.3 is 6.18 Å². The number of fused-ring (bicyclic) bond motifs is 1. The smallest absolute Gasteiger partial charge is 0.312 e. The first-order chi connectivity index (χ1) is 9.57. The Labute approximate surface area is 115 Å². The van der Waals surface area contributed by atoms with Gasteiger partial charge in [0.15, 0.2) is 0 Å². The van der Waals surface area contributed by atoms with E-state index in [9.17, 15) is 13.2 Å². The van der Waals surface area contributed by atoms with Crippen molar-refractivity contribution < 1.29 is 13.2 Å². The number of rotatable bonds is 1. The lowest BCUT2D eigenvalue weighted by Crippen LogP contribution is -2.24. The fourth-order valence-corrected chi connectivity index (χ4v) is 2.75. The maximum Gasteiger partial charge on any atom is 0.417 e. The molecule has 0 spiro atoms. The third-order valence-corrected chi connectivity index (χ3v) is 3.66. The van der Waals surface area contributed by atoms with E-state index in [2.05, 4.69) is 5.32 Å². The zero-order valence-corrected chi connectivity index (χ0v) is 10.8. The van der Waals surface area contributed by atoms with Crippen molar-refractivity contribution >= 4 is 0 Å². The van der Waals surface area contributed by atoms with E-state index in [0.29, 0.717) is 5.56 Å². The van der Waals surface area contributed by atoms with Crippen LogP contribution in [0.5, 0.6) is 0 Å². The summed E-state index contributed by atoms with van der Waals surface area (Å²) in [6.45, 7) is 1.52. The summed E-state index contributed by atoms with van der Waals surface area (Å²) >= 11 is 0. The van der Waals surface area contributed by atoms with E-state index in [1.54, 1.807) is 18.2 Å². The van der Waals surface area contributed by atoms with Crippen LogP contribution < -0.4 is 5.32 Å². The molecule has 4 heteroatoms. The molecule has 1 aliphatic heterocycles. The molecule has 1 nitrogen and oxygen atoms in total. The Bertz CT molecular complexity index is 632. The van der Waals surface area contributed by atoms with E-state index in [1.165, 1.54) is 6.07 Å². The van der Waals surface area contributed by atoms with Crippen LogP contribution in [0.3, 0.4) is 0 Å². The first kappa shape index (κ1) is 13.2. The molecular weight excluding hydrogens is 263 g/mol. The predicted octanol–water partition coefficient (Wildman–Crippen LogP) is 4.02. The molecule has 0 aromatic heterocycles. The molecule has 2 aromatic rings. The number of halogens is 3. The molecule has 0 unspecified atom stereocenters. The SMILES string of the molecule is FC(F)(F)c1ccccc1-c1cccc2c1CCNC2. The average molecular weight is 277 g/mol. The number of alkyl halides is 3. The molecule has 0 amide bonds. The molecule has 0 bridgehead atoms. The quantitative estimate of drug-likeness (QED) is 0.830. The molecule has 1 aliphatic rings. The second-order valence-electron chi connectivity index (χ2n) is 4.91. The number of benzene rings is 2. The molecule has 1 heterocycles. The van der Waals surface area contributed by atoms with Gasteiger partial charge in [-0.2, -0.15) is 13.2 Å². The molecule has 2 aromatic carbocycles. The third-order valence-electron chi connectivity index (χ3n) is 3.66. The molecule has 0 atom stereocenters. The van der Waals surface area contributed by atoms with E-state index in [1.807, 2.05) is 12.1 Å². The van der Waals surface area contributed by atoms with Crippen molar-refractivity contribution in [2.45, 2.75) is 19.1 Å². The topological polar surface area (TPSA) is 12.0 Å². The van der Waals surface area contributed by atoms with Crippen LogP contribution in [0.2, 0.25) is 0 Å². The summed E-state index contributed by atoms with van der Waals surface area (Å²) < 4.78 is 39.5. The van der Waals surface area contributed by atoms with Crippen LogP contribution in [0.25, 0.3) is 11.1 Å². The zero-order valence-electron chi connectivity index (χ0n) is 10.8. The molecule has 0 fully saturated rings. The molecule has 3 rings (SSSR count). The Hall–Kier alpha value is -1.81. The summed E-state index contributed by atoms with van der Waals surface area (Å²) in [6, 6.07) is 11.4. The van der Waals surface area contributed by atoms with E-state index in [-0.39, 0.29) is 5.56 Å². The molecule has 1 N–H and O–H groups in total. The van der Waals surface area contributed by atoms with Crippen LogP contribution in [0.15, 0.2) is 42.5 Å². The Morgan fingerprint density at radius 1 is 0.900 bits per heavy atom. The number of nitrogens with one attached hydrogen (secondary N) is 1. The molecule has 0 saturated carbocycles. The van der Waals surface area contributed by atoms with Crippen LogP contribution >= 0.6 is 0 Å². The van der Waals surface area contributed by atoms with E-state index < -0.39 is 11.7 Å². The van der Waals surface area contributed by atoms with E-state index in [0.717, 1.165) is 36.7 Å². The van der Waals surface area contributed by atoms with Crippen molar-refractivity contribution in [3.05, 3.63) is 59.2 Å². The summed E-state index contributed by atoms with van der Waals surface area (Å²) in [6.07, 6.45) is -3.57. The lowest BCUT2D eigenvalue weighted by molar-refractivity contribution is -0.137. The van der Waals surface area contributed by atoms with E-state index in [4.69, 9.17) is 0 Å². The fraction of sp³-hybridized carbons (Fsp3) is 0.250. The molecule has 104 valence electrons. The minimum atomic E-state index is -4.33. The largest absolute Gasteiger partial charge is 0.417 e. The number of hydrogen-bond donors (Lipinski definition) is 1. The molecule has 0 saturated heterocycles. The van der Waals surface area contributed by atoms with Crippen molar-refractivity contribution in [3.63, 3.8) is 0 Å². The third kappa shape index (κ3) is 2.31. The van der Waals surface area contributed by atoms with E-state index >= 15 is 0 Å². The van der Waals surface area contributed by atoms with Gasteiger partial charge in [-0.1, -0.05) is 36.4 Å². The van der Waals surface area contributed by atoms with Gasteiger partial charge in [-0.05, 0) is 41.3 Å². The highest BCUT2D eigenvalue weighted by atomic mass is 19.4. The molecule has 20 heavy (non-hydrogen) atoms. The van der Waals surface area contributed by atoms with Gasteiger partial charge < -0.3 is 5.32 Å². The van der Waals surface area contributed by atoms with Gasteiger partial charge in [0.2, 0.25) is 0 Å². The maximum absolute atomic E-state index is 13.2. The predicted molar refractivity (Wildman–Crippen MR) is 72.3 cm³/mol. The normalized spacial score (nSPS) is 14.9. The molecule has 0 radical (unpaired) electrons. The minimum Gasteiger partial charge on any atom is -0.312 e. The van der Waals surface area contributed by atoms with Gasteiger partial charge in [0.05, 0.1) is 5.56 Å². The first-order valence-electron chi connectivity index (χ1n) is 6.55. The highest BCUT2D eigenvalue weighted by Gasteiger charge is 2.33. The Balaban J connectivity index is 2.20. The maximum atomic E-state index is 13.2. The van der Waals surface area contributed by atoms with Crippen LogP contribution in [-0.4, -0.2) is 6.54 Å². The van der Waals surface area contributed by atoms with Gasteiger partial charge in [0.1, 0.15) is 0 Å². The zero-order chi connectivity index (χ0) is 14.2. The Kier molecular flexibility index (Phi) is 3.26. The fourth-order valence-electron chi connectivity index (χ4n) is 2.75.